The van der Waals surface area contributed by atoms with Crippen molar-refractivity contribution in [2.24, 2.45) is 0 Å². The van der Waals surface area contributed by atoms with Gasteiger partial charge in [-0.3, -0.25) is 9.59 Å². The zero-order chi connectivity index (χ0) is 23.1. The van der Waals surface area contributed by atoms with Gasteiger partial charge in [0.15, 0.2) is 13.2 Å². The fourth-order valence-electron chi connectivity index (χ4n) is 2.54. The number of nitrogens with one attached hydrogen (secondary N) is 2. The summed E-state index contributed by atoms with van der Waals surface area (Å²) < 4.78 is 10.8. The topological polar surface area (TPSA) is 76.7 Å². The van der Waals surface area contributed by atoms with Crippen LogP contribution in [0.3, 0.4) is 0 Å². The monoisotopic (exact) mass is 512 g/mol. The molecule has 0 bridgehead atoms. The first kappa shape index (κ1) is 24.0. The van der Waals surface area contributed by atoms with Crippen LogP contribution < -0.4 is 20.1 Å². The number of ether oxygens (including phenoxy) is 2. The maximum Gasteiger partial charge on any atom is 0.262 e. The van der Waals surface area contributed by atoms with Gasteiger partial charge in [-0.15, -0.1) is 0 Å². The molecule has 10 heteroatoms. The number of rotatable bonds is 8. The molecule has 0 heterocycles. The van der Waals surface area contributed by atoms with E-state index in [4.69, 9.17) is 55.9 Å². The summed E-state index contributed by atoms with van der Waals surface area (Å²) in [6.45, 7) is -0.513. The minimum Gasteiger partial charge on any atom is -0.482 e. The molecule has 0 atom stereocenters. The normalized spacial score (nSPS) is 10.4. The van der Waals surface area contributed by atoms with Gasteiger partial charge in [0.1, 0.15) is 11.5 Å². The van der Waals surface area contributed by atoms with Crippen LogP contribution in [0.5, 0.6) is 11.5 Å². The van der Waals surface area contributed by atoms with Crippen LogP contribution in [0.15, 0.2) is 60.7 Å². The number of hydrogen-bond acceptors (Lipinski definition) is 4. The third kappa shape index (κ3) is 7.21. The average molecular weight is 514 g/mol. The Hall–Kier alpha value is -2.64. The molecule has 0 fully saturated rings. The molecule has 0 saturated carbocycles. The lowest BCUT2D eigenvalue weighted by atomic mass is 10.2. The molecule has 0 saturated heterocycles. The fraction of sp³-hybridized carbons (Fsp3) is 0.0909. The van der Waals surface area contributed by atoms with Crippen LogP contribution in [0.1, 0.15) is 0 Å². The zero-order valence-electron chi connectivity index (χ0n) is 16.3. The Morgan fingerprint density at radius 2 is 1.09 bits per heavy atom. The van der Waals surface area contributed by atoms with E-state index >= 15 is 0 Å². The summed E-state index contributed by atoms with van der Waals surface area (Å²) in [7, 11) is 0. The summed E-state index contributed by atoms with van der Waals surface area (Å²) >= 11 is 23.7. The molecule has 166 valence electrons. The van der Waals surface area contributed by atoms with Gasteiger partial charge in [-0.05, 0) is 54.6 Å². The van der Waals surface area contributed by atoms with E-state index in [9.17, 15) is 9.59 Å². The van der Waals surface area contributed by atoms with Gasteiger partial charge in [-0.25, -0.2) is 0 Å². The molecule has 6 nitrogen and oxygen atoms in total. The minimum absolute atomic E-state index is 0.256. The van der Waals surface area contributed by atoms with Crippen LogP contribution in [-0.2, 0) is 9.59 Å². The molecule has 0 aliphatic carbocycles. The third-order valence-corrected chi connectivity index (χ3v) is 5.00. The van der Waals surface area contributed by atoms with Crippen LogP contribution >= 0.6 is 46.4 Å². The highest BCUT2D eigenvalue weighted by atomic mass is 35.5. The molecule has 0 spiro atoms. The summed E-state index contributed by atoms with van der Waals surface area (Å²) in [5.74, 6) is -0.124. The lowest BCUT2D eigenvalue weighted by Gasteiger charge is -2.11. The Kier molecular flexibility index (Phi) is 8.47. The Labute approximate surface area is 204 Å². The SMILES string of the molecule is O=C(COc1ccc(Cl)cc1Cl)Nc1cccc(NC(=O)COc2ccc(Cl)cc2Cl)c1. The molecule has 2 amide bonds. The molecule has 0 radical (unpaired) electrons. The molecule has 0 aromatic heterocycles. The van der Waals surface area contributed by atoms with Gasteiger partial charge < -0.3 is 20.1 Å². The van der Waals surface area contributed by atoms with Gasteiger partial charge in [0.2, 0.25) is 0 Å². The van der Waals surface area contributed by atoms with Crippen LogP contribution in [0.2, 0.25) is 20.1 Å². The molecule has 0 unspecified atom stereocenters. The van der Waals surface area contributed by atoms with Crippen molar-refractivity contribution in [1.82, 2.24) is 0 Å². The van der Waals surface area contributed by atoms with E-state index in [1.165, 1.54) is 12.1 Å². The Bertz CT molecular complexity index is 1060. The van der Waals surface area contributed by atoms with Crippen LogP contribution in [0.25, 0.3) is 0 Å². The van der Waals surface area contributed by atoms with Crippen LogP contribution in [-0.4, -0.2) is 25.0 Å². The second-order valence-electron chi connectivity index (χ2n) is 6.40. The maximum atomic E-state index is 12.2. The second-order valence-corrected chi connectivity index (χ2v) is 8.09. The van der Waals surface area contributed by atoms with E-state index < -0.39 is 11.8 Å². The zero-order valence-corrected chi connectivity index (χ0v) is 19.4. The van der Waals surface area contributed by atoms with Crippen molar-refractivity contribution in [3.8, 4) is 11.5 Å². The molecule has 0 aliphatic heterocycles. The number of carbonyl (C=O) groups excluding carboxylic acids is 2. The third-order valence-electron chi connectivity index (χ3n) is 3.94. The van der Waals surface area contributed by atoms with Gasteiger partial charge in [-0.2, -0.15) is 0 Å². The molecular formula is C22H16Cl4N2O4. The number of benzene rings is 3. The van der Waals surface area contributed by atoms with Crippen molar-refractivity contribution in [3.05, 3.63) is 80.8 Å². The minimum atomic E-state index is -0.403. The summed E-state index contributed by atoms with van der Waals surface area (Å²) in [6, 6.07) is 16.0. The van der Waals surface area contributed by atoms with E-state index in [1.54, 1.807) is 48.5 Å². The quantitative estimate of drug-likeness (QED) is 0.368. The van der Waals surface area contributed by atoms with E-state index in [0.29, 0.717) is 43.0 Å². The van der Waals surface area contributed by atoms with Crippen molar-refractivity contribution < 1.29 is 19.1 Å². The van der Waals surface area contributed by atoms with Crippen molar-refractivity contribution in [1.29, 1.82) is 0 Å². The number of halogens is 4. The molecule has 2 N–H and O–H groups in total. The molecule has 32 heavy (non-hydrogen) atoms. The first-order chi connectivity index (χ1) is 15.3. The number of hydrogen-bond donors (Lipinski definition) is 2. The van der Waals surface area contributed by atoms with Crippen LogP contribution in [0.4, 0.5) is 11.4 Å². The highest BCUT2D eigenvalue weighted by molar-refractivity contribution is 6.36. The molecule has 0 aliphatic rings. The van der Waals surface area contributed by atoms with Crippen molar-refractivity contribution in [3.63, 3.8) is 0 Å². The number of amides is 2. The first-order valence-electron chi connectivity index (χ1n) is 9.15. The number of carbonyl (C=O) groups is 2. The molecule has 3 aromatic carbocycles. The maximum absolute atomic E-state index is 12.2. The highest BCUT2D eigenvalue weighted by Gasteiger charge is 2.10. The van der Waals surface area contributed by atoms with Gasteiger partial charge >= 0.3 is 0 Å². The average Bonchev–Trinajstić information content (AvgIpc) is 2.73. The molecular weight excluding hydrogens is 498 g/mol. The first-order valence-corrected chi connectivity index (χ1v) is 10.7. The van der Waals surface area contributed by atoms with Gasteiger partial charge in [-0.1, -0.05) is 52.5 Å². The van der Waals surface area contributed by atoms with E-state index in [1.807, 2.05) is 0 Å². The Morgan fingerprint density at radius 3 is 1.50 bits per heavy atom. The second kappa shape index (κ2) is 11.3. The smallest absolute Gasteiger partial charge is 0.262 e. The predicted octanol–water partition coefficient (Wildman–Crippen LogP) is 6.34. The lowest BCUT2D eigenvalue weighted by Crippen LogP contribution is -2.21. The van der Waals surface area contributed by atoms with Crippen molar-refractivity contribution in [2.75, 3.05) is 23.8 Å². The van der Waals surface area contributed by atoms with Gasteiger partial charge in [0, 0.05) is 21.4 Å². The van der Waals surface area contributed by atoms with E-state index in [0.717, 1.165) is 0 Å². The fourth-order valence-corrected chi connectivity index (χ4v) is 3.47. The van der Waals surface area contributed by atoms with Crippen molar-refractivity contribution >= 4 is 69.6 Å². The van der Waals surface area contributed by atoms with Gasteiger partial charge in [0.05, 0.1) is 10.0 Å². The largest absolute Gasteiger partial charge is 0.482 e. The number of anilines is 2. The highest BCUT2D eigenvalue weighted by Crippen LogP contribution is 2.28. The molecule has 3 aromatic rings. The van der Waals surface area contributed by atoms with Gasteiger partial charge in [0.25, 0.3) is 11.8 Å². The standard InChI is InChI=1S/C22H16Cl4N2O4/c23-13-4-6-19(17(25)8-13)31-11-21(29)27-15-2-1-3-16(10-15)28-22(30)12-32-20-7-5-14(24)9-18(20)26/h1-10H,11-12H2,(H,27,29)(H,28,30). The van der Waals surface area contributed by atoms with E-state index in [2.05, 4.69) is 10.6 Å². The Morgan fingerprint density at radius 1 is 0.656 bits per heavy atom. The predicted molar refractivity (Wildman–Crippen MR) is 128 cm³/mol. The van der Waals surface area contributed by atoms with E-state index in [-0.39, 0.29) is 13.2 Å². The Balaban J connectivity index is 1.50. The van der Waals surface area contributed by atoms with Crippen LogP contribution in [0, 0.1) is 0 Å². The van der Waals surface area contributed by atoms with Crippen molar-refractivity contribution in [2.45, 2.75) is 0 Å². The summed E-state index contributed by atoms with van der Waals surface area (Å²) in [4.78, 5) is 24.4. The molecule has 3 rings (SSSR count). The lowest BCUT2D eigenvalue weighted by molar-refractivity contribution is -0.118. The summed E-state index contributed by atoms with van der Waals surface area (Å²) in [5.41, 5.74) is 0.945. The summed E-state index contributed by atoms with van der Waals surface area (Å²) in [5, 5.41) is 6.90. The summed E-state index contributed by atoms with van der Waals surface area (Å²) in [6.07, 6.45) is 0.